The standard InChI is InChI=1S/C15H17NO/c1-10-9-13(14(17)15(2,3)4)16-12-8-6-5-7-11(10)12/h5-9H,1-4H3. The first-order valence-electron chi connectivity index (χ1n) is 5.81. The average Bonchev–Trinajstić information content (AvgIpc) is 2.27. The van der Waals surface area contributed by atoms with Crippen LogP contribution in [-0.4, -0.2) is 10.8 Å². The number of Topliss-reactive ketones (excluding diaryl/α,β-unsaturated/α-hetero) is 1. The van der Waals surface area contributed by atoms with Gasteiger partial charge in [-0.05, 0) is 24.6 Å². The molecule has 0 saturated heterocycles. The molecule has 1 aromatic carbocycles. The molecule has 0 spiro atoms. The molecule has 0 saturated carbocycles. The summed E-state index contributed by atoms with van der Waals surface area (Å²) in [4.78, 5) is 16.7. The van der Waals surface area contributed by atoms with Crippen molar-refractivity contribution in [3.05, 3.63) is 41.6 Å². The molecule has 0 aliphatic rings. The Morgan fingerprint density at radius 1 is 1.18 bits per heavy atom. The van der Waals surface area contributed by atoms with E-state index in [2.05, 4.69) is 4.98 Å². The van der Waals surface area contributed by atoms with Gasteiger partial charge in [-0.1, -0.05) is 39.0 Å². The van der Waals surface area contributed by atoms with Gasteiger partial charge in [0.1, 0.15) is 5.69 Å². The summed E-state index contributed by atoms with van der Waals surface area (Å²) in [6, 6.07) is 9.79. The fourth-order valence-corrected chi connectivity index (χ4v) is 1.85. The average molecular weight is 227 g/mol. The van der Waals surface area contributed by atoms with Crippen molar-refractivity contribution >= 4 is 16.7 Å². The van der Waals surface area contributed by atoms with Gasteiger partial charge in [-0.15, -0.1) is 0 Å². The number of aromatic nitrogens is 1. The van der Waals surface area contributed by atoms with Gasteiger partial charge in [0, 0.05) is 10.8 Å². The Labute approximate surface area is 102 Å². The van der Waals surface area contributed by atoms with Gasteiger partial charge < -0.3 is 0 Å². The topological polar surface area (TPSA) is 30.0 Å². The number of carbonyl (C=O) groups is 1. The molecule has 0 bridgehead atoms. The van der Waals surface area contributed by atoms with Crippen LogP contribution in [-0.2, 0) is 0 Å². The maximum absolute atomic E-state index is 12.2. The summed E-state index contributed by atoms with van der Waals surface area (Å²) in [5, 5.41) is 1.11. The lowest BCUT2D eigenvalue weighted by Crippen LogP contribution is -2.21. The third kappa shape index (κ3) is 2.21. The number of ketones is 1. The molecule has 1 heterocycles. The lowest BCUT2D eigenvalue weighted by Gasteiger charge is -2.16. The number of para-hydroxylation sites is 1. The van der Waals surface area contributed by atoms with E-state index < -0.39 is 0 Å². The Kier molecular flexibility index (Phi) is 2.74. The second-order valence-corrected chi connectivity index (χ2v) is 5.42. The predicted octanol–water partition coefficient (Wildman–Crippen LogP) is 3.77. The smallest absolute Gasteiger partial charge is 0.186 e. The molecule has 2 nitrogen and oxygen atoms in total. The lowest BCUT2D eigenvalue weighted by molar-refractivity contribution is 0.0853. The molecular formula is C15H17NO. The number of carbonyl (C=O) groups excluding carboxylic acids is 1. The number of fused-ring (bicyclic) bond motifs is 1. The van der Waals surface area contributed by atoms with Crippen molar-refractivity contribution in [2.45, 2.75) is 27.7 Å². The number of hydrogen-bond donors (Lipinski definition) is 0. The second kappa shape index (κ2) is 3.95. The van der Waals surface area contributed by atoms with Gasteiger partial charge in [0.25, 0.3) is 0 Å². The van der Waals surface area contributed by atoms with Crippen LogP contribution in [0.15, 0.2) is 30.3 Å². The third-order valence-electron chi connectivity index (χ3n) is 2.84. The molecule has 0 amide bonds. The van der Waals surface area contributed by atoms with Crippen LogP contribution < -0.4 is 0 Å². The molecule has 17 heavy (non-hydrogen) atoms. The Morgan fingerprint density at radius 2 is 1.82 bits per heavy atom. The van der Waals surface area contributed by atoms with Crippen molar-refractivity contribution in [1.29, 1.82) is 0 Å². The highest BCUT2D eigenvalue weighted by molar-refractivity contribution is 6.00. The highest BCUT2D eigenvalue weighted by atomic mass is 16.1. The van der Waals surface area contributed by atoms with Crippen LogP contribution in [0, 0.1) is 12.3 Å². The van der Waals surface area contributed by atoms with Gasteiger partial charge >= 0.3 is 0 Å². The number of hydrogen-bond acceptors (Lipinski definition) is 2. The fraction of sp³-hybridized carbons (Fsp3) is 0.333. The van der Waals surface area contributed by atoms with E-state index >= 15 is 0 Å². The summed E-state index contributed by atoms with van der Waals surface area (Å²) in [7, 11) is 0. The minimum Gasteiger partial charge on any atom is -0.292 e. The van der Waals surface area contributed by atoms with Crippen LogP contribution >= 0.6 is 0 Å². The molecule has 2 aromatic rings. The number of aryl methyl sites for hydroxylation is 1. The van der Waals surface area contributed by atoms with Crippen molar-refractivity contribution in [3.8, 4) is 0 Å². The monoisotopic (exact) mass is 227 g/mol. The zero-order chi connectivity index (χ0) is 12.6. The number of nitrogens with zero attached hydrogens (tertiary/aromatic N) is 1. The summed E-state index contributed by atoms with van der Waals surface area (Å²) in [5.41, 5.74) is 2.17. The van der Waals surface area contributed by atoms with Crippen LogP contribution in [0.4, 0.5) is 0 Å². The van der Waals surface area contributed by atoms with E-state index in [1.807, 2.05) is 58.0 Å². The summed E-state index contributed by atoms with van der Waals surface area (Å²) in [5.74, 6) is 0.0892. The van der Waals surface area contributed by atoms with E-state index in [0.29, 0.717) is 5.69 Å². The zero-order valence-corrected chi connectivity index (χ0v) is 10.7. The normalized spacial score (nSPS) is 11.8. The molecule has 0 fully saturated rings. The first kappa shape index (κ1) is 11.8. The minimum atomic E-state index is -0.387. The second-order valence-electron chi connectivity index (χ2n) is 5.42. The van der Waals surface area contributed by atoms with E-state index in [1.54, 1.807) is 0 Å². The Hall–Kier alpha value is -1.70. The first-order valence-corrected chi connectivity index (χ1v) is 5.81. The number of rotatable bonds is 1. The van der Waals surface area contributed by atoms with Crippen molar-refractivity contribution in [3.63, 3.8) is 0 Å². The van der Waals surface area contributed by atoms with E-state index in [-0.39, 0.29) is 11.2 Å². The Bertz CT molecular complexity index is 579. The van der Waals surface area contributed by atoms with Crippen LogP contribution in [0.1, 0.15) is 36.8 Å². The maximum atomic E-state index is 12.2. The third-order valence-corrected chi connectivity index (χ3v) is 2.84. The van der Waals surface area contributed by atoms with Crippen LogP contribution in [0.25, 0.3) is 10.9 Å². The summed E-state index contributed by atoms with van der Waals surface area (Å²) in [6.07, 6.45) is 0. The Morgan fingerprint density at radius 3 is 2.47 bits per heavy atom. The molecule has 0 unspecified atom stereocenters. The van der Waals surface area contributed by atoms with Crippen molar-refractivity contribution in [2.24, 2.45) is 5.41 Å². The van der Waals surface area contributed by atoms with Crippen LogP contribution in [0.2, 0.25) is 0 Å². The van der Waals surface area contributed by atoms with Crippen molar-refractivity contribution < 1.29 is 4.79 Å². The molecule has 0 aliphatic carbocycles. The van der Waals surface area contributed by atoms with E-state index in [0.717, 1.165) is 16.5 Å². The van der Waals surface area contributed by atoms with E-state index in [1.165, 1.54) is 0 Å². The minimum absolute atomic E-state index is 0.0892. The SMILES string of the molecule is Cc1cc(C(=O)C(C)(C)C)nc2ccccc12. The van der Waals surface area contributed by atoms with Gasteiger partial charge in [0.2, 0.25) is 0 Å². The molecular weight excluding hydrogens is 210 g/mol. The largest absolute Gasteiger partial charge is 0.292 e. The molecule has 1 aromatic heterocycles. The zero-order valence-electron chi connectivity index (χ0n) is 10.7. The highest BCUT2D eigenvalue weighted by Crippen LogP contribution is 2.23. The van der Waals surface area contributed by atoms with Gasteiger partial charge in [-0.25, -0.2) is 4.98 Å². The van der Waals surface area contributed by atoms with Crippen LogP contribution in [0.3, 0.4) is 0 Å². The Balaban J connectivity index is 2.62. The predicted molar refractivity (Wildman–Crippen MR) is 70.3 cm³/mol. The molecule has 0 aliphatic heterocycles. The van der Waals surface area contributed by atoms with E-state index in [9.17, 15) is 4.79 Å². The molecule has 0 radical (unpaired) electrons. The van der Waals surface area contributed by atoms with Gasteiger partial charge in [-0.2, -0.15) is 0 Å². The first-order chi connectivity index (χ1) is 7.89. The van der Waals surface area contributed by atoms with Crippen molar-refractivity contribution in [2.75, 3.05) is 0 Å². The summed E-state index contributed by atoms with van der Waals surface area (Å²) < 4.78 is 0. The maximum Gasteiger partial charge on any atom is 0.186 e. The molecule has 0 atom stereocenters. The molecule has 2 heteroatoms. The lowest BCUT2D eigenvalue weighted by atomic mass is 9.88. The van der Waals surface area contributed by atoms with Crippen molar-refractivity contribution in [1.82, 2.24) is 4.98 Å². The van der Waals surface area contributed by atoms with Gasteiger partial charge in [0.15, 0.2) is 5.78 Å². The summed E-state index contributed by atoms with van der Waals surface area (Å²) >= 11 is 0. The fourth-order valence-electron chi connectivity index (χ4n) is 1.85. The quantitative estimate of drug-likeness (QED) is 0.694. The number of benzene rings is 1. The van der Waals surface area contributed by atoms with Crippen LogP contribution in [0.5, 0.6) is 0 Å². The van der Waals surface area contributed by atoms with Gasteiger partial charge in [-0.3, -0.25) is 4.79 Å². The molecule has 2 rings (SSSR count). The molecule has 0 N–H and O–H groups in total. The van der Waals surface area contributed by atoms with E-state index in [4.69, 9.17) is 0 Å². The molecule has 88 valence electrons. The summed E-state index contributed by atoms with van der Waals surface area (Å²) in [6.45, 7) is 7.77. The highest BCUT2D eigenvalue weighted by Gasteiger charge is 2.24. The van der Waals surface area contributed by atoms with Gasteiger partial charge in [0.05, 0.1) is 5.52 Å². The number of pyridine rings is 1.